The lowest BCUT2D eigenvalue weighted by Crippen LogP contribution is -2.21. The van der Waals surface area contributed by atoms with Crippen LogP contribution < -0.4 is 5.32 Å². The molecule has 0 spiro atoms. The average molecular weight is 375 g/mol. The zero-order valence-corrected chi connectivity index (χ0v) is 15.4. The molecular formula is C20H21N7O. The largest absolute Gasteiger partial charge is 0.507 e. The number of hydrogen-bond acceptors (Lipinski definition) is 6. The molecule has 0 amide bonds. The Balaban J connectivity index is 1.40. The van der Waals surface area contributed by atoms with Crippen molar-refractivity contribution in [3.8, 4) is 22.7 Å². The van der Waals surface area contributed by atoms with E-state index in [1.54, 1.807) is 18.5 Å². The zero-order chi connectivity index (χ0) is 18.9. The van der Waals surface area contributed by atoms with Gasteiger partial charge in [-0.2, -0.15) is 15.0 Å². The summed E-state index contributed by atoms with van der Waals surface area (Å²) in [6.45, 7) is 1.12. The predicted molar refractivity (Wildman–Crippen MR) is 104 cm³/mol. The van der Waals surface area contributed by atoms with Crippen LogP contribution in [0.5, 0.6) is 5.75 Å². The molecule has 8 heteroatoms. The van der Waals surface area contributed by atoms with Crippen molar-refractivity contribution in [3.05, 3.63) is 54.7 Å². The minimum atomic E-state index is 0.130. The topological polar surface area (TPSA) is 93.2 Å². The molecule has 142 valence electrons. The van der Waals surface area contributed by atoms with Crippen molar-refractivity contribution in [1.82, 2.24) is 34.7 Å². The van der Waals surface area contributed by atoms with Gasteiger partial charge in [0.1, 0.15) is 5.75 Å². The van der Waals surface area contributed by atoms with E-state index in [0.29, 0.717) is 28.8 Å². The fourth-order valence-corrected chi connectivity index (χ4v) is 3.71. The van der Waals surface area contributed by atoms with E-state index in [4.69, 9.17) is 0 Å². The van der Waals surface area contributed by atoms with Crippen LogP contribution in [0.15, 0.2) is 49.1 Å². The van der Waals surface area contributed by atoms with Crippen molar-refractivity contribution in [1.29, 1.82) is 0 Å². The molecule has 2 N–H and O–H groups in total. The summed E-state index contributed by atoms with van der Waals surface area (Å²) in [5, 5.41) is 22.2. The molecule has 0 bridgehead atoms. The minimum absolute atomic E-state index is 0.130. The van der Waals surface area contributed by atoms with Crippen LogP contribution in [0, 0.1) is 0 Å². The van der Waals surface area contributed by atoms with Crippen LogP contribution in [0.25, 0.3) is 22.7 Å². The number of aryl methyl sites for hydroxylation is 1. The van der Waals surface area contributed by atoms with Crippen molar-refractivity contribution >= 4 is 5.78 Å². The first-order valence-electron chi connectivity index (χ1n) is 9.54. The van der Waals surface area contributed by atoms with Gasteiger partial charge in [-0.3, -0.25) is 4.40 Å². The van der Waals surface area contributed by atoms with Gasteiger partial charge in [0.15, 0.2) is 0 Å². The van der Waals surface area contributed by atoms with Gasteiger partial charge >= 0.3 is 0 Å². The third kappa shape index (κ3) is 3.22. The molecule has 0 saturated carbocycles. The molecule has 0 aliphatic carbocycles. The van der Waals surface area contributed by atoms with Crippen molar-refractivity contribution in [2.75, 3.05) is 6.54 Å². The Hall–Kier alpha value is -3.26. The lowest BCUT2D eigenvalue weighted by atomic mass is 10.1. The second-order valence-electron chi connectivity index (χ2n) is 7.10. The van der Waals surface area contributed by atoms with Crippen LogP contribution in [0.3, 0.4) is 0 Å². The van der Waals surface area contributed by atoms with Crippen molar-refractivity contribution in [3.63, 3.8) is 0 Å². The molecule has 8 nitrogen and oxygen atoms in total. The maximum atomic E-state index is 10.5. The van der Waals surface area contributed by atoms with E-state index >= 15 is 0 Å². The van der Waals surface area contributed by atoms with E-state index in [2.05, 4.69) is 25.5 Å². The van der Waals surface area contributed by atoms with Gasteiger partial charge < -0.3 is 10.4 Å². The SMILES string of the molecule is Oc1cc(-n2nccn2)ccc1-c1cn2ccc(CCC3CCCN3)nc2n1. The Labute approximate surface area is 161 Å². The normalized spacial score (nSPS) is 16.8. The summed E-state index contributed by atoms with van der Waals surface area (Å²) in [6.07, 6.45) is 11.6. The minimum Gasteiger partial charge on any atom is -0.507 e. The quantitative estimate of drug-likeness (QED) is 0.556. The van der Waals surface area contributed by atoms with E-state index in [-0.39, 0.29) is 5.75 Å². The monoisotopic (exact) mass is 375 g/mol. The maximum absolute atomic E-state index is 10.5. The molecule has 1 fully saturated rings. The highest BCUT2D eigenvalue weighted by Gasteiger charge is 2.15. The Kier molecular flexibility index (Phi) is 4.25. The number of phenols is 1. The van der Waals surface area contributed by atoms with Crippen molar-refractivity contribution in [2.45, 2.75) is 31.7 Å². The van der Waals surface area contributed by atoms with Crippen molar-refractivity contribution < 1.29 is 5.11 Å². The molecule has 3 aromatic heterocycles. The average Bonchev–Trinajstić information content (AvgIpc) is 3.47. The molecule has 1 aromatic carbocycles. The summed E-state index contributed by atoms with van der Waals surface area (Å²) in [6, 6.07) is 7.95. The molecule has 1 unspecified atom stereocenters. The van der Waals surface area contributed by atoms with Crippen molar-refractivity contribution in [2.24, 2.45) is 0 Å². The summed E-state index contributed by atoms with van der Waals surface area (Å²) >= 11 is 0. The molecule has 1 aliphatic rings. The van der Waals surface area contributed by atoms with Crippen LogP contribution in [0.1, 0.15) is 25.0 Å². The summed E-state index contributed by atoms with van der Waals surface area (Å²) in [7, 11) is 0. The number of aromatic nitrogens is 6. The standard InChI is InChI=1S/C20H21N7O/c28-19-12-16(27-22-9-10-23-27)5-6-17(19)18-13-26-11-7-15(24-20(26)25-18)4-3-14-2-1-8-21-14/h5-7,9-14,21,28H,1-4,8H2. The molecule has 4 aromatic rings. The number of fused-ring (bicyclic) bond motifs is 1. The van der Waals surface area contributed by atoms with Gasteiger partial charge in [-0.15, -0.1) is 0 Å². The molecule has 1 aliphatic heterocycles. The van der Waals surface area contributed by atoms with E-state index in [0.717, 1.165) is 25.1 Å². The number of imidazole rings is 1. The summed E-state index contributed by atoms with van der Waals surface area (Å²) < 4.78 is 1.88. The van der Waals surface area contributed by atoms with Gasteiger partial charge in [0, 0.05) is 35.8 Å². The van der Waals surface area contributed by atoms with Crippen LogP contribution in [0.4, 0.5) is 0 Å². The molecule has 1 atom stereocenters. The summed E-state index contributed by atoms with van der Waals surface area (Å²) in [5.41, 5.74) is 3.07. The van der Waals surface area contributed by atoms with E-state index in [1.807, 2.05) is 35.0 Å². The molecule has 28 heavy (non-hydrogen) atoms. The fraction of sp³-hybridized carbons (Fsp3) is 0.300. The first kappa shape index (κ1) is 16.9. The molecule has 1 saturated heterocycles. The summed E-state index contributed by atoms with van der Waals surface area (Å²) in [4.78, 5) is 10.8. The first-order chi connectivity index (χ1) is 13.8. The highest BCUT2D eigenvalue weighted by Crippen LogP contribution is 2.30. The fourth-order valence-electron chi connectivity index (χ4n) is 3.71. The summed E-state index contributed by atoms with van der Waals surface area (Å²) in [5.74, 6) is 0.773. The van der Waals surface area contributed by atoms with Gasteiger partial charge in [-0.25, -0.2) is 9.97 Å². The van der Waals surface area contributed by atoms with Gasteiger partial charge in [-0.05, 0) is 50.4 Å². The Bertz CT molecular complexity index is 1100. The number of rotatable bonds is 5. The smallest absolute Gasteiger partial charge is 0.234 e. The lowest BCUT2D eigenvalue weighted by Gasteiger charge is -2.08. The third-order valence-electron chi connectivity index (χ3n) is 5.20. The maximum Gasteiger partial charge on any atom is 0.234 e. The highest BCUT2D eigenvalue weighted by molar-refractivity contribution is 5.69. The number of aromatic hydroxyl groups is 1. The van der Waals surface area contributed by atoms with Gasteiger partial charge in [0.05, 0.1) is 23.8 Å². The van der Waals surface area contributed by atoms with Gasteiger partial charge in [0.2, 0.25) is 5.78 Å². The first-order valence-corrected chi connectivity index (χ1v) is 9.54. The van der Waals surface area contributed by atoms with Crippen LogP contribution >= 0.6 is 0 Å². The van der Waals surface area contributed by atoms with Crippen LogP contribution in [-0.4, -0.2) is 47.1 Å². The predicted octanol–water partition coefficient (Wildman–Crippen LogP) is 2.37. The number of hydrogen-bond donors (Lipinski definition) is 2. The van der Waals surface area contributed by atoms with Crippen LogP contribution in [-0.2, 0) is 6.42 Å². The Morgan fingerprint density at radius 3 is 2.82 bits per heavy atom. The highest BCUT2D eigenvalue weighted by atomic mass is 16.3. The molecule has 0 radical (unpaired) electrons. The Morgan fingerprint density at radius 2 is 2.04 bits per heavy atom. The van der Waals surface area contributed by atoms with E-state index in [1.165, 1.54) is 17.6 Å². The van der Waals surface area contributed by atoms with Gasteiger partial charge in [0.25, 0.3) is 0 Å². The molecule has 4 heterocycles. The number of nitrogens with zero attached hydrogens (tertiary/aromatic N) is 6. The lowest BCUT2D eigenvalue weighted by molar-refractivity contribution is 0.476. The Morgan fingerprint density at radius 1 is 1.14 bits per heavy atom. The van der Waals surface area contributed by atoms with Crippen LogP contribution in [0.2, 0.25) is 0 Å². The van der Waals surface area contributed by atoms with E-state index in [9.17, 15) is 5.11 Å². The van der Waals surface area contributed by atoms with E-state index < -0.39 is 0 Å². The zero-order valence-electron chi connectivity index (χ0n) is 15.4. The number of nitrogens with one attached hydrogen (secondary N) is 1. The number of phenolic OH excluding ortho intramolecular Hbond substituents is 1. The molecular weight excluding hydrogens is 354 g/mol. The third-order valence-corrected chi connectivity index (χ3v) is 5.20. The second kappa shape index (κ2) is 7.05. The molecule has 5 rings (SSSR count). The number of benzene rings is 1. The van der Waals surface area contributed by atoms with Gasteiger partial charge in [-0.1, -0.05) is 0 Å². The second-order valence-corrected chi connectivity index (χ2v) is 7.10.